The monoisotopic (exact) mass is 271 g/mol. The zero-order chi connectivity index (χ0) is 13.9. The van der Waals surface area contributed by atoms with E-state index in [1.807, 2.05) is 0 Å². The lowest BCUT2D eigenvalue weighted by Crippen LogP contribution is -2.24. The lowest BCUT2D eigenvalue weighted by molar-refractivity contribution is -0.141. The summed E-state index contributed by atoms with van der Waals surface area (Å²) in [6.07, 6.45) is 0.00542. The summed E-state index contributed by atoms with van der Waals surface area (Å²) in [7, 11) is 0. The van der Waals surface area contributed by atoms with Crippen LogP contribution < -0.4 is 10.9 Å². The fourth-order valence-electron chi connectivity index (χ4n) is 1.71. The van der Waals surface area contributed by atoms with Crippen molar-refractivity contribution in [2.24, 2.45) is 0 Å². The van der Waals surface area contributed by atoms with Crippen LogP contribution in [0.25, 0.3) is 0 Å². The van der Waals surface area contributed by atoms with E-state index in [0.717, 1.165) is 18.7 Å². The molecule has 102 valence electrons. The molecule has 4 nitrogen and oxygen atoms in total. The Kier molecular flexibility index (Phi) is 3.73. The zero-order valence-electron chi connectivity index (χ0n) is 9.92. The lowest BCUT2D eigenvalue weighted by atomic mass is 10.0. The van der Waals surface area contributed by atoms with E-state index in [1.165, 1.54) is 12.1 Å². The van der Waals surface area contributed by atoms with Gasteiger partial charge in [-0.25, -0.2) is 0 Å². The highest BCUT2D eigenvalue weighted by Gasteiger charge is 2.32. The smallest absolute Gasteiger partial charge is 0.305 e. The van der Waals surface area contributed by atoms with Gasteiger partial charge in [0.15, 0.2) is 5.78 Å². The third-order valence-corrected chi connectivity index (χ3v) is 2.62. The van der Waals surface area contributed by atoms with Gasteiger partial charge in [0.2, 0.25) is 0 Å². The molecule has 1 aromatic heterocycles. The molecule has 1 aromatic rings. The zero-order valence-corrected chi connectivity index (χ0v) is 9.92. The van der Waals surface area contributed by atoms with E-state index in [-0.39, 0.29) is 11.5 Å². The van der Waals surface area contributed by atoms with Crippen LogP contribution in [0, 0.1) is 0 Å². The maximum atomic E-state index is 12.4. The predicted octanol–water partition coefficient (Wildman–Crippen LogP) is 2.65. The van der Waals surface area contributed by atoms with Crippen LogP contribution in [0.1, 0.15) is 25.0 Å². The molecule has 0 bridgehead atoms. The number of nitrogens with zero attached hydrogens (tertiary/aromatic N) is 1. The SMILES string of the molecule is O=C1C=C(NNc2ccnc(C(F)(F)F)c2)CCC1. The number of hydrogen-bond donors (Lipinski definition) is 2. The number of hydrazine groups is 1. The highest BCUT2D eigenvalue weighted by Crippen LogP contribution is 2.28. The molecular formula is C12H12F3N3O. The molecule has 0 spiro atoms. The Morgan fingerprint density at radius 3 is 2.68 bits per heavy atom. The molecule has 19 heavy (non-hydrogen) atoms. The summed E-state index contributed by atoms with van der Waals surface area (Å²) in [4.78, 5) is 14.4. The van der Waals surface area contributed by atoms with E-state index in [1.54, 1.807) is 0 Å². The van der Waals surface area contributed by atoms with Crippen LogP contribution in [0.3, 0.4) is 0 Å². The van der Waals surface area contributed by atoms with Gasteiger partial charge in [-0.15, -0.1) is 0 Å². The molecule has 7 heteroatoms. The van der Waals surface area contributed by atoms with Crippen LogP contribution >= 0.6 is 0 Å². The van der Waals surface area contributed by atoms with E-state index < -0.39 is 11.9 Å². The second-order valence-electron chi connectivity index (χ2n) is 4.17. The Bertz CT molecular complexity index is 511. The summed E-state index contributed by atoms with van der Waals surface area (Å²) < 4.78 is 37.3. The molecule has 0 atom stereocenters. The molecule has 0 fully saturated rings. The summed E-state index contributed by atoms with van der Waals surface area (Å²) in [5.74, 6) is 0.0151. The van der Waals surface area contributed by atoms with Crippen molar-refractivity contribution < 1.29 is 18.0 Å². The van der Waals surface area contributed by atoms with Gasteiger partial charge in [-0.05, 0) is 25.0 Å². The molecule has 0 saturated heterocycles. The van der Waals surface area contributed by atoms with Gasteiger partial charge in [0.25, 0.3) is 0 Å². The fourth-order valence-corrected chi connectivity index (χ4v) is 1.71. The Morgan fingerprint density at radius 2 is 2.00 bits per heavy atom. The summed E-state index contributed by atoms with van der Waals surface area (Å²) >= 11 is 0. The first kappa shape index (κ1) is 13.4. The quantitative estimate of drug-likeness (QED) is 0.830. The number of pyridine rings is 1. The average Bonchev–Trinajstić information content (AvgIpc) is 2.36. The minimum Gasteiger partial charge on any atom is -0.305 e. The molecule has 2 rings (SSSR count). The highest BCUT2D eigenvalue weighted by atomic mass is 19.4. The van der Waals surface area contributed by atoms with Gasteiger partial charge in [0.1, 0.15) is 5.69 Å². The van der Waals surface area contributed by atoms with E-state index in [0.29, 0.717) is 18.5 Å². The number of anilines is 1. The van der Waals surface area contributed by atoms with Gasteiger partial charge < -0.3 is 10.9 Å². The number of aromatic nitrogens is 1. The van der Waals surface area contributed by atoms with Crippen molar-refractivity contribution in [3.05, 3.63) is 35.8 Å². The summed E-state index contributed by atoms with van der Waals surface area (Å²) in [6, 6.07) is 2.31. The van der Waals surface area contributed by atoms with Crippen molar-refractivity contribution in [1.82, 2.24) is 10.4 Å². The Balaban J connectivity index is 2.02. The van der Waals surface area contributed by atoms with Gasteiger partial charge in [-0.2, -0.15) is 13.2 Å². The van der Waals surface area contributed by atoms with Crippen molar-refractivity contribution in [2.75, 3.05) is 5.43 Å². The Morgan fingerprint density at radius 1 is 1.21 bits per heavy atom. The fraction of sp³-hybridized carbons (Fsp3) is 0.333. The second kappa shape index (κ2) is 5.29. The first-order valence-corrected chi connectivity index (χ1v) is 5.74. The second-order valence-corrected chi connectivity index (χ2v) is 4.17. The summed E-state index contributed by atoms with van der Waals surface area (Å²) in [5, 5.41) is 0. The maximum Gasteiger partial charge on any atom is 0.433 e. The highest BCUT2D eigenvalue weighted by molar-refractivity contribution is 5.91. The molecular weight excluding hydrogens is 259 g/mol. The van der Waals surface area contributed by atoms with Crippen molar-refractivity contribution in [1.29, 1.82) is 0 Å². The Labute approximate surface area is 107 Å². The van der Waals surface area contributed by atoms with Crippen LogP contribution in [-0.4, -0.2) is 10.8 Å². The van der Waals surface area contributed by atoms with Crippen LogP contribution in [0.15, 0.2) is 30.1 Å². The number of hydrogen-bond acceptors (Lipinski definition) is 4. The van der Waals surface area contributed by atoms with Crippen molar-refractivity contribution in [3.8, 4) is 0 Å². The van der Waals surface area contributed by atoms with Gasteiger partial charge in [-0.1, -0.05) is 0 Å². The number of alkyl halides is 3. The van der Waals surface area contributed by atoms with Crippen molar-refractivity contribution in [3.63, 3.8) is 0 Å². The minimum atomic E-state index is -4.47. The van der Waals surface area contributed by atoms with Crippen molar-refractivity contribution in [2.45, 2.75) is 25.4 Å². The number of allylic oxidation sites excluding steroid dienone is 2. The third kappa shape index (κ3) is 3.70. The third-order valence-electron chi connectivity index (χ3n) is 2.62. The van der Waals surface area contributed by atoms with Crippen LogP contribution in [0.5, 0.6) is 0 Å². The summed E-state index contributed by atoms with van der Waals surface area (Å²) in [6.45, 7) is 0. The predicted molar refractivity (Wildman–Crippen MR) is 62.9 cm³/mol. The first-order valence-electron chi connectivity index (χ1n) is 5.74. The van der Waals surface area contributed by atoms with Gasteiger partial charge >= 0.3 is 6.18 Å². The largest absolute Gasteiger partial charge is 0.433 e. The van der Waals surface area contributed by atoms with Gasteiger partial charge in [0.05, 0.1) is 5.69 Å². The van der Waals surface area contributed by atoms with Crippen LogP contribution in [-0.2, 0) is 11.0 Å². The van der Waals surface area contributed by atoms with Crippen molar-refractivity contribution >= 4 is 11.5 Å². The van der Waals surface area contributed by atoms with E-state index >= 15 is 0 Å². The number of halogens is 3. The number of rotatable bonds is 3. The van der Waals surface area contributed by atoms with E-state index in [9.17, 15) is 18.0 Å². The maximum absolute atomic E-state index is 12.4. The standard InChI is InChI=1S/C12H12F3N3O/c13-12(14,15)11-7-9(4-5-16-11)18-17-8-2-1-3-10(19)6-8/h4-7,17H,1-3H2,(H,16,18). The molecule has 0 saturated carbocycles. The molecule has 1 heterocycles. The molecule has 0 radical (unpaired) electrons. The van der Waals surface area contributed by atoms with Gasteiger partial charge in [0, 0.05) is 24.4 Å². The molecule has 0 unspecified atom stereocenters. The van der Waals surface area contributed by atoms with Gasteiger partial charge in [-0.3, -0.25) is 9.78 Å². The molecule has 2 N–H and O–H groups in total. The lowest BCUT2D eigenvalue weighted by Gasteiger charge is -2.16. The molecule has 0 aromatic carbocycles. The summed E-state index contributed by atoms with van der Waals surface area (Å²) in [5.41, 5.74) is 5.32. The number of carbonyl (C=O) groups is 1. The normalized spacial score (nSPS) is 15.9. The topological polar surface area (TPSA) is 54.0 Å². The van der Waals surface area contributed by atoms with Crippen LogP contribution in [0.2, 0.25) is 0 Å². The van der Waals surface area contributed by atoms with E-state index in [4.69, 9.17) is 0 Å². The number of carbonyl (C=O) groups excluding carboxylic acids is 1. The van der Waals surface area contributed by atoms with E-state index in [2.05, 4.69) is 15.8 Å². The number of nitrogens with one attached hydrogen (secondary N) is 2. The molecule has 1 aliphatic rings. The number of ketones is 1. The molecule has 0 amide bonds. The first-order chi connectivity index (χ1) is 8.95. The average molecular weight is 271 g/mol. The molecule has 1 aliphatic carbocycles. The molecule has 0 aliphatic heterocycles. The minimum absolute atomic E-state index is 0.0151. The van der Waals surface area contributed by atoms with Crippen LogP contribution in [0.4, 0.5) is 18.9 Å². The Hall–Kier alpha value is -2.05.